The Bertz CT molecular complexity index is 1630. The van der Waals surface area contributed by atoms with Crippen molar-refractivity contribution >= 4 is 57.6 Å². The minimum absolute atomic E-state index is 0.0124. The summed E-state index contributed by atoms with van der Waals surface area (Å²) in [7, 11) is 1.89. The Kier molecular flexibility index (Phi) is 9.67. The minimum Gasteiger partial charge on any atom is -0.481 e. The molecule has 3 fully saturated rings. The van der Waals surface area contributed by atoms with Crippen molar-refractivity contribution in [3.05, 3.63) is 63.8 Å². The topological polar surface area (TPSA) is 104 Å². The number of halogens is 2. The number of carbonyl (C=O) groups is 3. The van der Waals surface area contributed by atoms with Crippen LogP contribution in [0.1, 0.15) is 68.3 Å². The molecule has 0 spiro atoms. The van der Waals surface area contributed by atoms with Gasteiger partial charge in [-0.2, -0.15) is 0 Å². The van der Waals surface area contributed by atoms with Crippen LogP contribution < -0.4 is 5.32 Å². The van der Waals surface area contributed by atoms with Crippen molar-refractivity contribution in [1.29, 1.82) is 0 Å². The standard InChI is InChI=1S/C35H42Cl2N4O5/c1-20-12-21(2)41(20)24-15-25(19-46-26-10-8-22(9-11-26)35(44)45)40(17-24)33(42)14-23-13-30(37)31(16-29(23)36)38-34(43)28-18-39(3)32-7-5-4-6-27(28)32/h4-7,13,16,18,20-22,24-26H,8-12,14-15,17,19H2,1-3H3,(H,38,43)(H,44,45)/t20-,21-,22?,24-,25-,26?/m0/s1. The minimum atomic E-state index is -0.731. The predicted molar refractivity (Wildman–Crippen MR) is 180 cm³/mol. The summed E-state index contributed by atoms with van der Waals surface area (Å²) in [6.07, 6.45) is 6.54. The number of carbonyl (C=O) groups excluding carboxylic acids is 2. The van der Waals surface area contributed by atoms with Crippen molar-refractivity contribution in [2.45, 2.75) is 89.1 Å². The summed E-state index contributed by atoms with van der Waals surface area (Å²) in [6.45, 7) is 5.52. The van der Waals surface area contributed by atoms with E-state index < -0.39 is 5.97 Å². The normalized spacial score (nSPS) is 26.7. The molecule has 3 heterocycles. The summed E-state index contributed by atoms with van der Waals surface area (Å²) in [5, 5.41) is 13.7. The van der Waals surface area contributed by atoms with Gasteiger partial charge in [-0.15, -0.1) is 0 Å². The molecule has 3 aliphatic rings. The Hall–Kier alpha value is -3.11. The highest BCUT2D eigenvalue weighted by molar-refractivity contribution is 6.36. The number of rotatable bonds is 9. The first-order valence-corrected chi connectivity index (χ1v) is 17.0. The van der Waals surface area contributed by atoms with Crippen molar-refractivity contribution in [2.24, 2.45) is 13.0 Å². The molecular formula is C35H42Cl2N4O5. The van der Waals surface area contributed by atoms with Crippen LogP contribution in [0.3, 0.4) is 0 Å². The third kappa shape index (κ3) is 6.65. The number of aliphatic carboxylic acids is 1. The van der Waals surface area contributed by atoms with Gasteiger partial charge in [-0.1, -0.05) is 41.4 Å². The molecule has 2 aliphatic heterocycles. The van der Waals surface area contributed by atoms with Gasteiger partial charge in [0, 0.05) is 53.8 Å². The summed E-state index contributed by atoms with van der Waals surface area (Å²) in [6, 6.07) is 12.1. The summed E-state index contributed by atoms with van der Waals surface area (Å²) < 4.78 is 8.23. The molecule has 1 saturated carbocycles. The maximum atomic E-state index is 13.9. The van der Waals surface area contributed by atoms with Crippen LogP contribution in [0.15, 0.2) is 42.6 Å². The monoisotopic (exact) mass is 668 g/mol. The van der Waals surface area contributed by atoms with Crippen molar-refractivity contribution < 1.29 is 24.2 Å². The van der Waals surface area contributed by atoms with E-state index in [1.807, 2.05) is 40.8 Å². The van der Waals surface area contributed by atoms with Gasteiger partial charge in [0.25, 0.3) is 5.91 Å². The zero-order valence-electron chi connectivity index (χ0n) is 26.5. The molecule has 1 aromatic heterocycles. The first-order valence-electron chi connectivity index (χ1n) is 16.2. The van der Waals surface area contributed by atoms with Crippen molar-refractivity contribution in [1.82, 2.24) is 14.4 Å². The number of aromatic nitrogens is 1. The number of aryl methyl sites for hydroxylation is 1. The fourth-order valence-electron chi connectivity index (χ4n) is 7.84. The van der Waals surface area contributed by atoms with Crippen LogP contribution in [0.5, 0.6) is 0 Å². The lowest BCUT2D eigenvalue weighted by Gasteiger charge is -2.49. The second-order valence-electron chi connectivity index (χ2n) is 13.3. The molecule has 3 aromatic rings. The number of hydrogen-bond acceptors (Lipinski definition) is 5. The Morgan fingerprint density at radius 3 is 2.41 bits per heavy atom. The van der Waals surface area contributed by atoms with Crippen molar-refractivity contribution in [2.75, 3.05) is 18.5 Å². The van der Waals surface area contributed by atoms with Crippen LogP contribution in [0.2, 0.25) is 10.0 Å². The van der Waals surface area contributed by atoms with Gasteiger partial charge in [-0.25, -0.2) is 0 Å². The maximum Gasteiger partial charge on any atom is 0.306 e. The van der Waals surface area contributed by atoms with Gasteiger partial charge in [0.05, 0.1) is 47.4 Å². The first kappa shape index (κ1) is 32.8. The fraction of sp³-hybridized carbons (Fsp3) is 0.514. The number of fused-ring (bicyclic) bond motifs is 1. The van der Waals surface area contributed by atoms with E-state index in [4.69, 9.17) is 27.9 Å². The smallest absolute Gasteiger partial charge is 0.306 e. The van der Waals surface area contributed by atoms with Crippen molar-refractivity contribution in [3.63, 3.8) is 0 Å². The number of likely N-dealkylation sites (tertiary alicyclic amines) is 2. The van der Waals surface area contributed by atoms with Crippen LogP contribution >= 0.6 is 23.2 Å². The molecule has 1 aliphatic carbocycles. The number of nitrogens with zero attached hydrogens (tertiary/aromatic N) is 3. The molecule has 46 heavy (non-hydrogen) atoms. The second-order valence-corrected chi connectivity index (χ2v) is 14.2. The molecule has 0 unspecified atom stereocenters. The summed E-state index contributed by atoms with van der Waals surface area (Å²) >= 11 is 13.4. The van der Waals surface area contributed by atoms with E-state index in [1.165, 1.54) is 0 Å². The second kappa shape index (κ2) is 13.6. The summed E-state index contributed by atoms with van der Waals surface area (Å²) in [4.78, 5) is 42.9. The number of para-hydroxylation sites is 1. The number of hydrogen-bond donors (Lipinski definition) is 2. The van der Waals surface area contributed by atoms with Gasteiger partial charge < -0.3 is 24.6 Å². The van der Waals surface area contributed by atoms with E-state index in [2.05, 4.69) is 24.1 Å². The molecule has 9 nitrogen and oxygen atoms in total. The van der Waals surface area contributed by atoms with E-state index in [1.54, 1.807) is 18.3 Å². The van der Waals surface area contributed by atoms with Gasteiger partial charge in [0.2, 0.25) is 5.91 Å². The average molecular weight is 670 g/mol. The van der Waals surface area contributed by atoms with Crippen LogP contribution in [-0.2, 0) is 27.8 Å². The van der Waals surface area contributed by atoms with Gasteiger partial charge >= 0.3 is 5.97 Å². The first-order chi connectivity index (χ1) is 22.0. The number of carboxylic acid groups (broad SMARTS) is 1. The average Bonchev–Trinajstić information content (AvgIpc) is 3.59. The Morgan fingerprint density at radius 1 is 1.00 bits per heavy atom. The van der Waals surface area contributed by atoms with Gasteiger partial charge in [0.15, 0.2) is 0 Å². The third-order valence-electron chi connectivity index (χ3n) is 10.2. The number of nitrogens with one attached hydrogen (secondary N) is 1. The summed E-state index contributed by atoms with van der Waals surface area (Å²) in [5.41, 5.74) is 2.46. The lowest BCUT2D eigenvalue weighted by atomic mass is 9.87. The van der Waals surface area contributed by atoms with Crippen LogP contribution in [0.4, 0.5) is 5.69 Å². The maximum absolute atomic E-state index is 13.9. The van der Waals surface area contributed by atoms with Gasteiger partial charge in [0.1, 0.15) is 0 Å². The molecule has 246 valence electrons. The third-order valence-corrected chi connectivity index (χ3v) is 10.9. The molecule has 0 radical (unpaired) electrons. The molecule has 6 rings (SSSR count). The van der Waals surface area contributed by atoms with E-state index in [9.17, 15) is 19.5 Å². The Morgan fingerprint density at radius 2 is 1.72 bits per heavy atom. The largest absolute Gasteiger partial charge is 0.481 e. The van der Waals surface area contributed by atoms with Gasteiger partial charge in [-0.05, 0) is 76.1 Å². The number of benzene rings is 2. The van der Waals surface area contributed by atoms with E-state index in [0.29, 0.717) is 64.9 Å². The number of amides is 2. The molecule has 11 heteroatoms. The highest BCUT2D eigenvalue weighted by atomic mass is 35.5. The van der Waals surface area contributed by atoms with Crippen molar-refractivity contribution in [3.8, 4) is 0 Å². The van der Waals surface area contributed by atoms with E-state index in [-0.39, 0.29) is 42.3 Å². The highest BCUT2D eigenvalue weighted by Crippen LogP contribution is 2.36. The fourth-order valence-corrected chi connectivity index (χ4v) is 8.31. The zero-order chi connectivity index (χ0) is 32.7. The molecule has 2 amide bonds. The van der Waals surface area contributed by atoms with Crippen LogP contribution in [-0.4, -0.2) is 80.7 Å². The molecule has 2 aromatic carbocycles. The van der Waals surface area contributed by atoms with E-state index >= 15 is 0 Å². The lowest BCUT2D eigenvalue weighted by Crippen LogP contribution is -2.58. The SMILES string of the molecule is C[C@H]1C[C@H](C)N1[C@H]1C[C@@H](COC2CCC(C(=O)O)CC2)N(C(=O)Cc2cc(Cl)c(NC(=O)c3cn(C)c4ccccc34)cc2Cl)C1. The zero-order valence-corrected chi connectivity index (χ0v) is 28.1. The predicted octanol–water partition coefficient (Wildman–Crippen LogP) is 6.39. The Labute approximate surface area is 279 Å². The molecule has 4 atom stereocenters. The summed E-state index contributed by atoms with van der Waals surface area (Å²) in [5.74, 6) is -1.37. The highest BCUT2D eigenvalue weighted by Gasteiger charge is 2.45. The molecule has 2 saturated heterocycles. The lowest BCUT2D eigenvalue weighted by molar-refractivity contribution is -0.144. The Balaban J connectivity index is 1.13. The number of carboxylic acids is 1. The molecule has 2 N–H and O–H groups in total. The molecule has 0 bridgehead atoms. The quantitative estimate of drug-likeness (QED) is 0.274. The van der Waals surface area contributed by atoms with Crippen LogP contribution in [0.25, 0.3) is 10.9 Å². The number of ether oxygens (including phenoxy) is 1. The number of anilines is 1. The molecular weight excluding hydrogens is 627 g/mol. The van der Waals surface area contributed by atoms with Crippen LogP contribution in [0, 0.1) is 5.92 Å². The van der Waals surface area contributed by atoms with E-state index in [0.717, 1.165) is 36.6 Å². The van der Waals surface area contributed by atoms with Gasteiger partial charge in [-0.3, -0.25) is 19.3 Å².